The molecule has 1 heteroatoms. The van der Waals surface area contributed by atoms with Gasteiger partial charge in [0.25, 0.3) is 0 Å². The number of hydrogen-bond donors (Lipinski definition) is 0. The summed E-state index contributed by atoms with van der Waals surface area (Å²) < 4.78 is 7.15. The second kappa shape index (κ2) is 12.5. The first kappa shape index (κ1) is 32.5. The van der Waals surface area contributed by atoms with Crippen LogP contribution in [-0.4, -0.2) is 0 Å². The molecule has 1 heterocycles. The van der Waals surface area contributed by atoms with E-state index in [1.165, 1.54) is 60.8 Å². The molecule has 0 fully saturated rings. The second-order valence-corrected chi connectivity index (χ2v) is 15.2. The van der Waals surface area contributed by atoms with E-state index in [0.29, 0.717) is 0 Å². The Balaban J connectivity index is 1.21. The molecule has 0 saturated carbocycles. The smallest absolute Gasteiger partial charge is 0.140 e. The highest BCUT2D eigenvalue weighted by Gasteiger charge is 2.48. The van der Waals surface area contributed by atoms with E-state index >= 15 is 0 Å². The van der Waals surface area contributed by atoms with Crippen LogP contribution in [0.25, 0.3) is 33.0 Å². The van der Waals surface area contributed by atoms with Gasteiger partial charge in [0.2, 0.25) is 0 Å². The number of ether oxygens (including phenoxy) is 1. The zero-order chi connectivity index (χ0) is 37.3. The molecule has 2 aliphatic rings. The highest BCUT2D eigenvalue weighted by molar-refractivity contribution is 6.04. The highest BCUT2D eigenvalue weighted by atomic mass is 16.5. The Morgan fingerprint density at radius 1 is 0.375 bits per heavy atom. The lowest BCUT2D eigenvalue weighted by molar-refractivity contribution is 0.436. The van der Waals surface area contributed by atoms with Crippen molar-refractivity contribution in [2.75, 3.05) is 0 Å². The van der Waals surface area contributed by atoms with Crippen LogP contribution in [0.15, 0.2) is 212 Å². The van der Waals surface area contributed by atoms with Crippen molar-refractivity contribution in [2.24, 2.45) is 0 Å². The molecule has 1 atom stereocenters. The molecular weight excluding hydrogens is 677 g/mol. The van der Waals surface area contributed by atoms with Gasteiger partial charge in [-0.2, -0.15) is 0 Å². The number of para-hydroxylation sites is 1. The summed E-state index contributed by atoms with van der Waals surface area (Å²) >= 11 is 0. The molecule has 264 valence electrons. The Morgan fingerprint density at radius 2 is 0.946 bits per heavy atom. The number of rotatable bonds is 5. The van der Waals surface area contributed by atoms with Crippen molar-refractivity contribution in [3.05, 3.63) is 262 Å². The van der Waals surface area contributed by atoms with Gasteiger partial charge in [0.15, 0.2) is 0 Å². The van der Waals surface area contributed by atoms with Gasteiger partial charge in [-0.05, 0) is 91.5 Å². The van der Waals surface area contributed by atoms with Gasteiger partial charge in [-0.3, -0.25) is 0 Å². The normalized spacial score (nSPS) is 15.9. The Bertz CT molecular complexity index is 2910. The van der Waals surface area contributed by atoms with Crippen LogP contribution in [0.1, 0.15) is 50.1 Å². The lowest BCUT2D eigenvalue weighted by Crippen LogP contribution is -2.34. The molecule has 9 aromatic rings. The Morgan fingerprint density at radius 3 is 1.66 bits per heavy atom. The quantitative estimate of drug-likeness (QED) is 0.172. The summed E-state index contributed by atoms with van der Waals surface area (Å²) in [7, 11) is 0. The van der Waals surface area contributed by atoms with Crippen LogP contribution in [-0.2, 0) is 10.8 Å². The summed E-state index contributed by atoms with van der Waals surface area (Å²) in [5.41, 5.74) is 14.7. The predicted octanol–water partition coefficient (Wildman–Crippen LogP) is 13.7. The molecule has 0 spiro atoms. The van der Waals surface area contributed by atoms with Gasteiger partial charge in [0, 0.05) is 16.7 Å². The monoisotopic (exact) mass is 714 g/mol. The average Bonchev–Trinajstić information content (AvgIpc) is 3.58. The standard InChI is InChI=1S/C55H38O/c1-37-34-46(53-50(35-37)54(40-20-5-2-6-21-40,41-22-7-3-8-23-41)48-30-15-16-31-51(48)56-53)39-19-17-26-43(36-39)55(42-24-9-4-10-25-42)47-29-14-13-28-45(47)52-44-27-12-11-18-38(44)32-33-49(52)55/h2-36H,1H3. The molecular formula is C55H38O. The number of benzene rings is 9. The van der Waals surface area contributed by atoms with Gasteiger partial charge >= 0.3 is 0 Å². The van der Waals surface area contributed by atoms with Gasteiger partial charge in [-0.1, -0.05) is 194 Å². The topological polar surface area (TPSA) is 9.23 Å². The maximum Gasteiger partial charge on any atom is 0.140 e. The summed E-state index contributed by atoms with van der Waals surface area (Å²) in [6.07, 6.45) is 0. The highest BCUT2D eigenvalue weighted by Crippen LogP contribution is 2.60. The van der Waals surface area contributed by atoms with E-state index in [9.17, 15) is 0 Å². The van der Waals surface area contributed by atoms with Crippen LogP contribution in [0.4, 0.5) is 0 Å². The molecule has 0 bridgehead atoms. The van der Waals surface area contributed by atoms with E-state index in [4.69, 9.17) is 4.74 Å². The molecule has 1 aliphatic heterocycles. The van der Waals surface area contributed by atoms with E-state index in [-0.39, 0.29) is 0 Å². The predicted molar refractivity (Wildman–Crippen MR) is 230 cm³/mol. The summed E-state index contributed by atoms with van der Waals surface area (Å²) in [4.78, 5) is 0. The molecule has 1 unspecified atom stereocenters. The van der Waals surface area contributed by atoms with Crippen molar-refractivity contribution in [1.82, 2.24) is 0 Å². The molecule has 9 aromatic carbocycles. The number of aryl methyl sites for hydroxylation is 1. The number of hydrogen-bond acceptors (Lipinski definition) is 1. The van der Waals surface area contributed by atoms with E-state index in [1.54, 1.807) is 0 Å². The van der Waals surface area contributed by atoms with Gasteiger partial charge in [-0.25, -0.2) is 0 Å². The molecule has 0 amide bonds. The van der Waals surface area contributed by atoms with Crippen LogP contribution in [0.2, 0.25) is 0 Å². The minimum absolute atomic E-state index is 0.539. The molecule has 11 rings (SSSR count). The van der Waals surface area contributed by atoms with Crippen molar-refractivity contribution < 1.29 is 4.74 Å². The van der Waals surface area contributed by atoms with Crippen molar-refractivity contribution in [3.8, 4) is 33.8 Å². The average molecular weight is 715 g/mol. The first-order chi connectivity index (χ1) is 27.7. The molecule has 1 nitrogen and oxygen atoms in total. The summed E-state index contributed by atoms with van der Waals surface area (Å²) in [6.45, 7) is 2.22. The summed E-state index contributed by atoms with van der Waals surface area (Å²) in [6, 6.07) is 78.0. The zero-order valence-corrected chi connectivity index (χ0v) is 31.1. The Kier molecular flexibility index (Phi) is 7.28. The largest absolute Gasteiger partial charge is 0.456 e. The summed E-state index contributed by atoms with van der Waals surface area (Å²) in [5, 5.41) is 2.53. The first-order valence-electron chi connectivity index (χ1n) is 19.5. The van der Waals surface area contributed by atoms with Crippen LogP contribution >= 0.6 is 0 Å². The lowest BCUT2D eigenvalue weighted by Gasteiger charge is -2.42. The van der Waals surface area contributed by atoms with Crippen molar-refractivity contribution >= 4 is 10.8 Å². The van der Waals surface area contributed by atoms with Gasteiger partial charge < -0.3 is 4.74 Å². The summed E-state index contributed by atoms with van der Waals surface area (Å²) in [5.74, 6) is 1.77. The van der Waals surface area contributed by atoms with Gasteiger partial charge in [0.1, 0.15) is 11.5 Å². The fourth-order valence-corrected chi connectivity index (χ4v) is 10.1. The van der Waals surface area contributed by atoms with Gasteiger partial charge in [0.05, 0.1) is 10.8 Å². The van der Waals surface area contributed by atoms with Crippen molar-refractivity contribution in [2.45, 2.75) is 17.8 Å². The minimum atomic E-state index is -0.597. The fraction of sp³-hybridized carbons (Fsp3) is 0.0545. The van der Waals surface area contributed by atoms with Crippen LogP contribution in [0.5, 0.6) is 11.5 Å². The molecule has 0 aromatic heterocycles. The van der Waals surface area contributed by atoms with Gasteiger partial charge in [-0.15, -0.1) is 0 Å². The Labute approximate surface area is 328 Å². The third-order valence-corrected chi connectivity index (χ3v) is 12.3. The molecule has 56 heavy (non-hydrogen) atoms. The van der Waals surface area contributed by atoms with Crippen LogP contribution in [0.3, 0.4) is 0 Å². The molecule has 1 aliphatic carbocycles. The van der Waals surface area contributed by atoms with E-state index in [0.717, 1.165) is 33.8 Å². The zero-order valence-electron chi connectivity index (χ0n) is 31.1. The van der Waals surface area contributed by atoms with Crippen molar-refractivity contribution in [1.29, 1.82) is 0 Å². The Hall–Kier alpha value is -6.96. The lowest BCUT2D eigenvalue weighted by atomic mass is 9.63. The third-order valence-electron chi connectivity index (χ3n) is 12.3. The third kappa shape index (κ3) is 4.49. The maximum atomic E-state index is 7.15. The first-order valence-corrected chi connectivity index (χ1v) is 19.5. The van der Waals surface area contributed by atoms with E-state index in [2.05, 4.69) is 219 Å². The molecule has 0 saturated heterocycles. The van der Waals surface area contributed by atoms with Crippen molar-refractivity contribution in [3.63, 3.8) is 0 Å². The number of fused-ring (bicyclic) bond motifs is 7. The SMILES string of the molecule is Cc1cc(-c2cccc(C3(c4ccccc4)c4ccccc4-c4c3ccc3ccccc43)c2)c2c(c1)C(c1ccccc1)(c1ccccc1)c1ccccc1O2. The fourth-order valence-electron chi connectivity index (χ4n) is 10.1. The molecule has 0 N–H and O–H groups in total. The van der Waals surface area contributed by atoms with E-state index in [1.807, 2.05) is 0 Å². The van der Waals surface area contributed by atoms with Crippen LogP contribution < -0.4 is 4.74 Å². The molecule has 0 radical (unpaired) electrons. The second-order valence-electron chi connectivity index (χ2n) is 15.2. The van der Waals surface area contributed by atoms with E-state index < -0.39 is 10.8 Å². The minimum Gasteiger partial charge on any atom is -0.456 e. The maximum absolute atomic E-state index is 7.15. The van der Waals surface area contributed by atoms with Crippen LogP contribution in [0, 0.1) is 6.92 Å².